The molecule has 1 aliphatic heterocycles. The molecule has 1 heterocycles. The van der Waals surface area contributed by atoms with Gasteiger partial charge in [-0.25, -0.2) is 0 Å². The molecular weight excluding hydrogens is 156 g/mol. The highest BCUT2D eigenvalue weighted by atomic mass is 32.2. The van der Waals surface area contributed by atoms with Crippen LogP contribution in [0.5, 0.6) is 0 Å². The van der Waals surface area contributed by atoms with E-state index in [-0.39, 0.29) is 5.78 Å². The number of rotatable bonds is 0. The highest BCUT2D eigenvalue weighted by molar-refractivity contribution is 7.88. The Morgan fingerprint density at radius 1 is 1.40 bits per heavy atom. The second-order valence-corrected chi connectivity index (χ2v) is 4.27. The molecule has 56 valence electrons. The standard InChI is InChI=1S/C5H6O4S/c6-4-3-10(7,8)9-5(4)1-2-5/h1-3H2. The number of Topliss-reactive ketones (excluding diaryl/α,β-unsaturated/α-hetero) is 1. The lowest BCUT2D eigenvalue weighted by molar-refractivity contribution is -0.122. The fourth-order valence-electron chi connectivity index (χ4n) is 1.09. The minimum Gasteiger partial charge on any atom is -0.295 e. The summed E-state index contributed by atoms with van der Waals surface area (Å²) in [6.07, 6.45) is 1.15. The number of hydrogen-bond acceptors (Lipinski definition) is 4. The van der Waals surface area contributed by atoms with Gasteiger partial charge in [0.15, 0.2) is 5.78 Å². The molecule has 0 aromatic carbocycles. The van der Waals surface area contributed by atoms with Crippen molar-refractivity contribution in [3.63, 3.8) is 0 Å². The lowest BCUT2D eigenvalue weighted by atomic mass is 10.2. The van der Waals surface area contributed by atoms with Gasteiger partial charge in [0, 0.05) is 0 Å². The summed E-state index contributed by atoms with van der Waals surface area (Å²) in [4.78, 5) is 10.9. The van der Waals surface area contributed by atoms with Crippen LogP contribution in [0.1, 0.15) is 12.8 Å². The van der Waals surface area contributed by atoms with Crippen LogP contribution in [0, 0.1) is 0 Å². The van der Waals surface area contributed by atoms with Gasteiger partial charge in [-0.3, -0.25) is 8.98 Å². The van der Waals surface area contributed by atoms with Crippen LogP contribution in [-0.4, -0.2) is 25.6 Å². The lowest BCUT2D eigenvalue weighted by Gasteiger charge is -1.97. The summed E-state index contributed by atoms with van der Waals surface area (Å²) in [7, 11) is -3.49. The van der Waals surface area contributed by atoms with Gasteiger partial charge in [0.05, 0.1) is 0 Å². The van der Waals surface area contributed by atoms with E-state index in [9.17, 15) is 13.2 Å². The fraction of sp³-hybridized carbons (Fsp3) is 0.800. The zero-order valence-corrected chi connectivity index (χ0v) is 5.98. The van der Waals surface area contributed by atoms with Crippen molar-refractivity contribution in [1.29, 1.82) is 0 Å². The molecule has 2 fully saturated rings. The monoisotopic (exact) mass is 162 g/mol. The van der Waals surface area contributed by atoms with Gasteiger partial charge in [-0.05, 0) is 12.8 Å². The molecule has 0 aromatic rings. The summed E-state index contributed by atoms with van der Waals surface area (Å²) in [6, 6.07) is 0. The molecule has 0 atom stereocenters. The molecule has 1 spiro atoms. The van der Waals surface area contributed by atoms with Crippen LogP contribution in [0.4, 0.5) is 0 Å². The van der Waals surface area contributed by atoms with E-state index in [1.165, 1.54) is 0 Å². The molecule has 0 N–H and O–H groups in total. The van der Waals surface area contributed by atoms with Crippen LogP contribution in [0.3, 0.4) is 0 Å². The highest BCUT2D eigenvalue weighted by Gasteiger charge is 2.60. The van der Waals surface area contributed by atoms with E-state index in [0.717, 1.165) is 0 Å². The first-order chi connectivity index (χ1) is 4.54. The minimum absolute atomic E-state index is 0.271. The first-order valence-electron chi connectivity index (χ1n) is 3.01. The summed E-state index contributed by atoms with van der Waals surface area (Å²) in [5.74, 6) is -0.694. The Labute approximate surface area is 58.3 Å². The molecule has 0 aromatic heterocycles. The maximum absolute atomic E-state index is 10.9. The van der Waals surface area contributed by atoms with Crippen molar-refractivity contribution in [3.8, 4) is 0 Å². The smallest absolute Gasteiger partial charge is 0.275 e. The third kappa shape index (κ3) is 0.705. The molecular formula is C5H6O4S. The van der Waals surface area contributed by atoms with Crippen molar-refractivity contribution >= 4 is 15.9 Å². The van der Waals surface area contributed by atoms with Gasteiger partial charge in [0.1, 0.15) is 11.4 Å². The van der Waals surface area contributed by atoms with Gasteiger partial charge in [-0.15, -0.1) is 0 Å². The molecule has 1 saturated carbocycles. The maximum atomic E-state index is 10.9. The van der Waals surface area contributed by atoms with Crippen molar-refractivity contribution < 1.29 is 17.4 Å². The van der Waals surface area contributed by atoms with Crippen LogP contribution in [0.25, 0.3) is 0 Å². The second-order valence-electron chi connectivity index (χ2n) is 2.70. The first-order valence-corrected chi connectivity index (χ1v) is 4.58. The van der Waals surface area contributed by atoms with Gasteiger partial charge in [-0.1, -0.05) is 0 Å². The molecule has 0 radical (unpaired) electrons. The van der Waals surface area contributed by atoms with Crippen molar-refractivity contribution in [2.24, 2.45) is 0 Å². The van der Waals surface area contributed by atoms with Crippen molar-refractivity contribution in [2.75, 3.05) is 5.75 Å². The van der Waals surface area contributed by atoms with Crippen molar-refractivity contribution in [2.45, 2.75) is 18.4 Å². The van der Waals surface area contributed by atoms with E-state index in [1.807, 2.05) is 0 Å². The van der Waals surface area contributed by atoms with E-state index in [0.29, 0.717) is 12.8 Å². The number of ketones is 1. The van der Waals surface area contributed by atoms with Gasteiger partial charge in [0.25, 0.3) is 10.1 Å². The Kier molecular flexibility index (Phi) is 0.900. The minimum atomic E-state index is -3.49. The second kappa shape index (κ2) is 1.43. The summed E-state index contributed by atoms with van der Waals surface area (Å²) in [5.41, 5.74) is -0.890. The van der Waals surface area contributed by atoms with Crippen molar-refractivity contribution in [3.05, 3.63) is 0 Å². The summed E-state index contributed by atoms with van der Waals surface area (Å²) in [5, 5.41) is 0. The molecule has 5 heteroatoms. The summed E-state index contributed by atoms with van der Waals surface area (Å²) < 4.78 is 25.9. The van der Waals surface area contributed by atoms with E-state index in [4.69, 9.17) is 0 Å². The van der Waals surface area contributed by atoms with Gasteiger partial charge in [-0.2, -0.15) is 8.42 Å². The Morgan fingerprint density at radius 3 is 2.20 bits per heavy atom. The van der Waals surface area contributed by atoms with Gasteiger partial charge >= 0.3 is 0 Å². The Bertz CT molecular complexity index is 285. The van der Waals surface area contributed by atoms with Crippen LogP contribution < -0.4 is 0 Å². The Morgan fingerprint density at radius 2 is 2.00 bits per heavy atom. The van der Waals surface area contributed by atoms with Crippen LogP contribution in [0.2, 0.25) is 0 Å². The Balaban J connectivity index is 2.40. The SMILES string of the molecule is O=C1CS(=O)(=O)OC12CC2. The lowest BCUT2D eigenvalue weighted by Crippen LogP contribution is -2.17. The van der Waals surface area contributed by atoms with Crippen LogP contribution in [0.15, 0.2) is 0 Å². The highest BCUT2D eigenvalue weighted by Crippen LogP contribution is 2.45. The van der Waals surface area contributed by atoms with E-state index in [2.05, 4.69) is 4.18 Å². The van der Waals surface area contributed by atoms with E-state index >= 15 is 0 Å². The molecule has 0 unspecified atom stereocenters. The van der Waals surface area contributed by atoms with Crippen LogP contribution >= 0.6 is 0 Å². The maximum Gasteiger partial charge on any atom is 0.275 e. The molecule has 1 aliphatic carbocycles. The fourth-order valence-corrected chi connectivity index (χ4v) is 2.48. The Hall–Kier alpha value is -0.420. The average molecular weight is 162 g/mol. The third-order valence-corrected chi connectivity index (χ3v) is 3.00. The van der Waals surface area contributed by atoms with Gasteiger partial charge in [0.2, 0.25) is 0 Å². The summed E-state index contributed by atoms with van der Waals surface area (Å²) in [6.45, 7) is 0. The third-order valence-electron chi connectivity index (χ3n) is 1.81. The molecule has 10 heavy (non-hydrogen) atoms. The number of hydrogen-bond donors (Lipinski definition) is 0. The quantitative estimate of drug-likeness (QED) is 0.448. The number of carbonyl (C=O) groups excluding carboxylic acids is 1. The molecule has 4 nitrogen and oxygen atoms in total. The normalized spacial score (nSPS) is 33.0. The van der Waals surface area contributed by atoms with E-state index < -0.39 is 21.5 Å². The first kappa shape index (κ1) is 6.30. The predicted molar refractivity (Wildman–Crippen MR) is 31.8 cm³/mol. The topological polar surface area (TPSA) is 60.4 Å². The zero-order valence-electron chi connectivity index (χ0n) is 5.16. The van der Waals surface area contributed by atoms with E-state index in [1.54, 1.807) is 0 Å². The average Bonchev–Trinajstić information content (AvgIpc) is 2.40. The molecule has 0 bridgehead atoms. The molecule has 0 amide bonds. The zero-order chi connectivity index (χ0) is 7.41. The summed E-state index contributed by atoms with van der Waals surface area (Å²) >= 11 is 0. The predicted octanol–water partition coefficient (Wildman–Crippen LogP) is -0.552. The molecule has 1 saturated heterocycles. The molecule has 2 aliphatic rings. The van der Waals surface area contributed by atoms with Crippen LogP contribution in [-0.2, 0) is 19.1 Å². The largest absolute Gasteiger partial charge is 0.295 e. The number of carbonyl (C=O) groups is 1. The van der Waals surface area contributed by atoms with Gasteiger partial charge < -0.3 is 0 Å². The molecule has 2 rings (SSSR count). The van der Waals surface area contributed by atoms with Crippen molar-refractivity contribution in [1.82, 2.24) is 0 Å².